The Bertz CT molecular complexity index is 1510. The van der Waals surface area contributed by atoms with Gasteiger partial charge in [0.2, 0.25) is 17.7 Å². The van der Waals surface area contributed by atoms with E-state index in [1.54, 1.807) is 25.4 Å². The van der Waals surface area contributed by atoms with E-state index < -0.39 is 31.1 Å². The molecule has 11 nitrogen and oxygen atoms in total. The highest BCUT2D eigenvalue weighted by atomic mass is 19.3. The SMILES string of the molecule is COc1nc(Nc2nccc(-c3ccc(OC4CCN(C(=O)CO)CC4(F)F)c(C#N)c3)n2)ccc1C1CCN(C)CC1. The second-order valence-electron chi connectivity index (χ2n) is 10.7. The average Bonchev–Trinajstić information content (AvgIpc) is 3.02. The van der Waals surface area contributed by atoms with E-state index in [-0.39, 0.29) is 30.2 Å². The number of pyridine rings is 1. The number of aliphatic hydroxyl groups excluding tert-OH is 1. The van der Waals surface area contributed by atoms with Crippen molar-refractivity contribution >= 4 is 17.7 Å². The number of hydrogen-bond donors (Lipinski definition) is 2. The Morgan fingerprint density at radius 1 is 1.16 bits per heavy atom. The summed E-state index contributed by atoms with van der Waals surface area (Å²) in [6.45, 7) is 0.355. The van der Waals surface area contributed by atoms with Crippen molar-refractivity contribution in [3.8, 4) is 29.0 Å². The van der Waals surface area contributed by atoms with E-state index in [1.165, 1.54) is 12.1 Å². The first kappa shape index (κ1) is 30.1. The molecule has 2 saturated heterocycles. The highest BCUT2D eigenvalue weighted by Gasteiger charge is 2.47. The third-order valence-electron chi connectivity index (χ3n) is 7.82. The molecule has 0 radical (unpaired) electrons. The predicted octanol–water partition coefficient (Wildman–Crippen LogP) is 3.58. The average molecular weight is 594 g/mol. The number of aromatic nitrogens is 3. The van der Waals surface area contributed by atoms with Gasteiger partial charge in [-0.15, -0.1) is 0 Å². The van der Waals surface area contributed by atoms with E-state index in [9.17, 15) is 18.8 Å². The fourth-order valence-electron chi connectivity index (χ4n) is 5.42. The normalized spacial score (nSPS) is 19.0. The highest BCUT2D eigenvalue weighted by molar-refractivity contribution is 5.77. The Morgan fingerprint density at radius 2 is 1.95 bits per heavy atom. The lowest BCUT2D eigenvalue weighted by atomic mass is 9.90. The number of benzene rings is 1. The lowest BCUT2D eigenvalue weighted by Crippen LogP contribution is -2.55. The number of aliphatic hydroxyl groups is 1. The molecule has 2 N–H and O–H groups in total. The van der Waals surface area contributed by atoms with Gasteiger partial charge in [0.05, 0.1) is 24.9 Å². The van der Waals surface area contributed by atoms with Crippen molar-refractivity contribution in [2.75, 3.05) is 52.3 Å². The van der Waals surface area contributed by atoms with Gasteiger partial charge in [-0.05, 0) is 75.3 Å². The number of nitriles is 1. The van der Waals surface area contributed by atoms with Gasteiger partial charge in [-0.2, -0.15) is 10.2 Å². The molecule has 1 amide bonds. The van der Waals surface area contributed by atoms with Crippen molar-refractivity contribution in [2.24, 2.45) is 0 Å². The number of methoxy groups -OCH3 is 1. The minimum Gasteiger partial charge on any atom is -0.483 e. The van der Waals surface area contributed by atoms with Crippen molar-refractivity contribution < 1.29 is 28.2 Å². The van der Waals surface area contributed by atoms with Crippen LogP contribution in [-0.2, 0) is 4.79 Å². The molecular formula is C30H33F2N7O4. The molecule has 5 rings (SSSR count). The summed E-state index contributed by atoms with van der Waals surface area (Å²) in [4.78, 5) is 28.4. The van der Waals surface area contributed by atoms with Crippen LogP contribution < -0.4 is 14.8 Å². The Kier molecular flexibility index (Phi) is 8.98. The first-order valence-electron chi connectivity index (χ1n) is 14.0. The molecule has 2 aliphatic rings. The third kappa shape index (κ3) is 6.81. The van der Waals surface area contributed by atoms with Gasteiger partial charge in [-0.3, -0.25) is 4.79 Å². The van der Waals surface area contributed by atoms with Crippen molar-refractivity contribution in [1.82, 2.24) is 24.8 Å². The van der Waals surface area contributed by atoms with Gasteiger partial charge < -0.3 is 29.7 Å². The van der Waals surface area contributed by atoms with Crippen LogP contribution in [0.5, 0.6) is 11.6 Å². The smallest absolute Gasteiger partial charge is 0.301 e. The molecular weight excluding hydrogens is 560 g/mol. The Labute approximate surface area is 248 Å². The van der Waals surface area contributed by atoms with Crippen LogP contribution in [0, 0.1) is 11.3 Å². The summed E-state index contributed by atoms with van der Waals surface area (Å²) in [6, 6.07) is 12.2. The van der Waals surface area contributed by atoms with E-state index in [0.717, 1.165) is 36.4 Å². The zero-order valence-electron chi connectivity index (χ0n) is 24.0. The molecule has 0 bridgehead atoms. The summed E-state index contributed by atoms with van der Waals surface area (Å²) >= 11 is 0. The number of rotatable bonds is 8. The quantitative estimate of drug-likeness (QED) is 0.399. The van der Waals surface area contributed by atoms with Crippen molar-refractivity contribution in [3.05, 3.63) is 53.7 Å². The monoisotopic (exact) mass is 593 g/mol. The summed E-state index contributed by atoms with van der Waals surface area (Å²) in [5.74, 6) is -2.39. The molecule has 43 heavy (non-hydrogen) atoms. The lowest BCUT2D eigenvalue weighted by molar-refractivity contribution is -0.161. The van der Waals surface area contributed by atoms with Gasteiger partial charge in [0.15, 0.2) is 6.10 Å². The number of carbonyl (C=O) groups is 1. The third-order valence-corrected chi connectivity index (χ3v) is 7.82. The summed E-state index contributed by atoms with van der Waals surface area (Å²) in [5.41, 5.74) is 2.19. The highest BCUT2D eigenvalue weighted by Crippen LogP contribution is 2.35. The second-order valence-corrected chi connectivity index (χ2v) is 10.7. The Morgan fingerprint density at radius 3 is 2.65 bits per heavy atom. The van der Waals surface area contributed by atoms with E-state index in [1.807, 2.05) is 18.2 Å². The number of ether oxygens (including phenoxy) is 2. The number of nitrogens with one attached hydrogen (secondary N) is 1. The second kappa shape index (κ2) is 12.8. The molecule has 4 heterocycles. The predicted molar refractivity (Wildman–Crippen MR) is 153 cm³/mol. The van der Waals surface area contributed by atoms with Gasteiger partial charge in [0.25, 0.3) is 0 Å². The molecule has 2 aliphatic heterocycles. The molecule has 3 aromatic rings. The first-order chi connectivity index (χ1) is 20.7. The molecule has 226 valence electrons. The summed E-state index contributed by atoms with van der Waals surface area (Å²) in [6.07, 6.45) is 1.96. The zero-order chi connectivity index (χ0) is 30.6. The summed E-state index contributed by atoms with van der Waals surface area (Å²) in [5, 5.41) is 21.9. The topological polar surface area (TPSA) is 137 Å². The number of halogens is 2. The van der Waals surface area contributed by atoms with E-state index in [2.05, 4.69) is 32.2 Å². The maximum Gasteiger partial charge on any atom is 0.301 e. The number of hydrogen-bond acceptors (Lipinski definition) is 10. The van der Waals surface area contributed by atoms with Gasteiger partial charge >= 0.3 is 5.92 Å². The van der Waals surface area contributed by atoms with Crippen molar-refractivity contribution in [1.29, 1.82) is 5.26 Å². The number of likely N-dealkylation sites (tertiary alicyclic amines) is 2. The maximum atomic E-state index is 14.8. The molecule has 0 aliphatic carbocycles. The van der Waals surface area contributed by atoms with Gasteiger partial charge in [-0.1, -0.05) is 0 Å². The molecule has 13 heteroatoms. The van der Waals surface area contributed by atoms with Crippen LogP contribution in [0.1, 0.15) is 36.3 Å². The fraction of sp³-hybridized carbons (Fsp3) is 0.433. The largest absolute Gasteiger partial charge is 0.483 e. The number of carbonyl (C=O) groups excluding carboxylic acids is 1. The van der Waals surface area contributed by atoms with Crippen molar-refractivity contribution in [3.63, 3.8) is 0 Å². The maximum absolute atomic E-state index is 14.8. The molecule has 0 saturated carbocycles. The Balaban J connectivity index is 1.30. The number of piperidine rings is 2. The van der Waals surface area contributed by atoms with E-state index in [0.29, 0.717) is 28.9 Å². The molecule has 1 aromatic carbocycles. The van der Waals surface area contributed by atoms with Crippen LogP contribution >= 0.6 is 0 Å². The van der Waals surface area contributed by atoms with Crippen LogP contribution in [-0.4, -0.2) is 94.7 Å². The van der Waals surface area contributed by atoms with E-state index in [4.69, 9.17) is 14.6 Å². The van der Waals surface area contributed by atoms with Crippen LogP contribution in [0.2, 0.25) is 0 Å². The van der Waals surface area contributed by atoms with Crippen LogP contribution in [0.3, 0.4) is 0 Å². The van der Waals surface area contributed by atoms with Gasteiger partial charge in [0, 0.05) is 30.3 Å². The van der Waals surface area contributed by atoms with E-state index >= 15 is 0 Å². The van der Waals surface area contributed by atoms with Crippen LogP contribution in [0.15, 0.2) is 42.6 Å². The molecule has 2 aromatic heterocycles. The molecule has 1 unspecified atom stereocenters. The Hall–Kier alpha value is -4.41. The van der Waals surface area contributed by atoms with Gasteiger partial charge in [-0.25, -0.2) is 18.7 Å². The lowest BCUT2D eigenvalue weighted by Gasteiger charge is -2.38. The summed E-state index contributed by atoms with van der Waals surface area (Å²) in [7, 11) is 3.72. The van der Waals surface area contributed by atoms with Crippen molar-refractivity contribution in [2.45, 2.75) is 37.2 Å². The van der Waals surface area contributed by atoms with Gasteiger partial charge in [0.1, 0.15) is 24.2 Å². The standard InChI is InChI=1S/C30H33F2N7O4/c1-38-12-8-19(9-13-38)22-4-6-26(36-28(22)42-2)37-29-34-11-7-23(35-29)20-3-5-24(21(15-20)16-33)43-25-10-14-39(27(41)17-40)18-30(25,31)32/h3-7,11,15,19,25,40H,8-10,12-14,17-18H2,1-2H3,(H,34,35,36,37). The number of alkyl halides is 2. The summed E-state index contributed by atoms with van der Waals surface area (Å²) < 4.78 is 40.7. The molecule has 2 fully saturated rings. The minimum atomic E-state index is -3.36. The van der Waals surface area contributed by atoms with Crippen LogP contribution in [0.25, 0.3) is 11.3 Å². The fourth-order valence-corrected chi connectivity index (χ4v) is 5.42. The molecule has 0 spiro atoms. The number of anilines is 2. The first-order valence-corrected chi connectivity index (χ1v) is 14.0. The number of nitrogens with zero attached hydrogens (tertiary/aromatic N) is 6. The zero-order valence-corrected chi connectivity index (χ0v) is 24.0. The number of amides is 1. The minimum absolute atomic E-state index is 0.00580. The van der Waals surface area contributed by atoms with Crippen LogP contribution in [0.4, 0.5) is 20.5 Å². The molecule has 1 atom stereocenters.